The SMILES string of the molecule is N#Cc1ccc(-c2ccc(O)cc2CCC[SiH2]I)cc1. The molecule has 1 N–H and O–H groups in total. The van der Waals surface area contributed by atoms with Gasteiger partial charge < -0.3 is 5.11 Å². The Kier molecular flexibility index (Phi) is 5.62. The van der Waals surface area contributed by atoms with Crippen LogP contribution in [0.1, 0.15) is 17.5 Å². The zero-order valence-electron chi connectivity index (χ0n) is 11.1. The Morgan fingerprint density at radius 2 is 1.90 bits per heavy atom. The molecule has 0 radical (unpaired) electrons. The van der Waals surface area contributed by atoms with E-state index in [1.165, 1.54) is 18.0 Å². The van der Waals surface area contributed by atoms with Crippen molar-refractivity contribution in [3.8, 4) is 22.9 Å². The lowest BCUT2D eigenvalue weighted by atomic mass is 9.96. The molecule has 0 saturated heterocycles. The van der Waals surface area contributed by atoms with Gasteiger partial charge in [-0.15, -0.1) is 21.8 Å². The van der Waals surface area contributed by atoms with Crippen molar-refractivity contribution in [2.24, 2.45) is 0 Å². The van der Waals surface area contributed by atoms with E-state index >= 15 is 0 Å². The van der Waals surface area contributed by atoms with Crippen LogP contribution in [0.5, 0.6) is 5.75 Å². The largest absolute Gasteiger partial charge is 0.508 e. The molecule has 102 valence electrons. The van der Waals surface area contributed by atoms with Crippen LogP contribution in [-0.2, 0) is 6.42 Å². The van der Waals surface area contributed by atoms with Crippen LogP contribution in [0.3, 0.4) is 0 Å². The third-order valence-corrected chi connectivity index (χ3v) is 6.30. The van der Waals surface area contributed by atoms with Crippen molar-refractivity contribution in [1.29, 1.82) is 5.26 Å². The van der Waals surface area contributed by atoms with Gasteiger partial charge in [-0.05, 0) is 47.4 Å². The molecule has 0 atom stereocenters. The Balaban J connectivity index is 2.31. The number of phenols is 1. The lowest BCUT2D eigenvalue weighted by Gasteiger charge is -2.10. The van der Waals surface area contributed by atoms with E-state index in [9.17, 15) is 5.11 Å². The van der Waals surface area contributed by atoms with E-state index < -0.39 is 0 Å². The number of rotatable bonds is 5. The van der Waals surface area contributed by atoms with E-state index in [0.29, 0.717) is 11.3 Å². The number of phenolic OH excluding ortho intramolecular Hbond substituents is 1. The summed E-state index contributed by atoms with van der Waals surface area (Å²) in [5.41, 5.74) is 4.12. The number of aryl methyl sites for hydroxylation is 1. The molecular formula is C16H16INOSi. The number of aromatic hydroxyl groups is 1. The predicted octanol–water partition coefficient (Wildman–Crippen LogP) is 3.80. The lowest BCUT2D eigenvalue weighted by Crippen LogP contribution is -1.92. The molecule has 4 heteroatoms. The van der Waals surface area contributed by atoms with Gasteiger partial charge in [-0.2, -0.15) is 5.26 Å². The molecule has 0 spiro atoms. The zero-order valence-corrected chi connectivity index (χ0v) is 14.7. The minimum Gasteiger partial charge on any atom is -0.508 e. The molecule has 0 aromatic heterocycles. The minimum atomic E-state index is 0.0762. The number of benzene rings is 2. The summed E-state index contributed by atoms with van der Waals surface area (Å²) >= 11 is 2.52. The van der Waals surface area contributed by atoms with Crippen molar-refractivity contribution in [2.45, 2.75) is 18.9 Å². The molecular weight excluding hydrogens is 377 g/mol. The maximum absolute atomic E-state index is 9.69. The molecule has 2 aromatic carbocycles. The second kappa shape index (κ2) is 7.46. The molecule has 0 heterocycles. The quantitative estimate of drug-likeness (QED) is 0.364. The van der Waals surface area contributed by atoms with E-state index in [-0.39, 0.29) is 7.02 Å². The standard InChI is InChI=1S/C16H16INOSi/c17-20-9-1-2-14-10-15(19)7-8-16(14)13-5-3-12(11-18)4-6-13/h3-8,10,19H,1-2,9,20H2. The van der Waals surface area contributed by atoms with Gasteiger partial charge in [0.05, 0.1) is 18.6 Å². The molecule has 0 amide bonds. The lowest BCUT2D eigenvalue weighted by molar-refractivity contribution is 0.474. The van der Waals surface area contributed by atoms with E-state index in [4.69, 9.17) is 5.26 Å². The first-order valence-electron chi connectivity index (χ1n) is 6.63. The van der Waals surface area contributed by atoms with Crippen LogP contribution in [-0.4, -0.2) is 12.1 Å². The van der Waals surface area contributed by atoms with Crippen LogP contribution < -0.4 is 0 Å². The monoisotopic (exact) mass is 393 g/mol. The summed E-state index contributed by atoms with van der Waals surface area (Å²) in [7, 11) is 0.0762. The van der Waals surface area contributed by atoms with Crippen molar-refractivity contribution < 1.29 is 5.11 Å². The average molecular weight is 393 g/mol. The van der Waals surface area contributed by atoms with Gasteiger partial charge in [0.1, 0.15) is 5.75 Å². The Bertz CT molecular complexity index is 619. The van der Waals surface area contributed by atoms with E-state index in [0.717, 1.165) is 17.5 Å². The van der Waals surface area contributed by atoms with Crippen molar-refractivity contribution in [1.82, 2.24) is 0 Å². The number of nitriles is 1. The fourth-order valence-electron chi connectivity index (χ4n) is 2.20. The minimum absolute atomic E-state index is 0.0762. The molecule has 0 aliphatic rings. The van der Waals surface area contributed by atoms with E-state index in [1.54, 1.807) is 6.07 Å². The molecule has 2 nitrogen and oxygen atoms in total. The highest BCUT2D eigenvalue weighted by atomic mass is 127. The van der Waals surface area contributed by atoms with Gasteiger partial charge in [0.25, 0.3) is 0 Å². The number of nitrogens with zero attached hydrogens (tertiary/aromatic N) is 1. The van der Waals surface area contributed by atoms with Gasteiger partial charge in [0, 0.05) is 0 Å². The highest BCUT2D eigenvalue weighted by Crippen LogP contribution is 2.28. The first kappa shape index (κ1) is 15.1. The fourth-order valence-corrected chi connectivity index (χ4v) is 4.26. The van der Waals surface area contributed by atoms with Gasteiger partial charge in [-0.3, -0.25) is 0 Å². The summed E-state index contributed by atoms with van der Waals surface area (Å²) in [6.07, 6.45) is 2.18. The Hall–Kier alpha value is -1.32. The topological polar surface area (TPSA) is 44.0 Å². The Morgan fingerprint density at radius 1 is 1.15 bits per heavy atom. The summed E-state index contributed by atoms with van der Waals surface area (Å²) in [5, 5.41) is 18.5. The van der Waals surface area contributed by atoms with Crippen LogP contribution in [0.4, 0.5) is 0 Å². The molecule has 2 aromatic rings. The zero-order chi connectivity index (χ0) is 14.4. The van der Waals surface area contributed by atoms with Crippen LogP contribution in [0.25, 0.3) is 11.1 Å². The van der Waals surface area contributed by atoms with E-state index in [2.05, 4.69) is 27.9 Å². The third-order valence-electron chi connectivity index (χ3n) is 3.24. The molecule has 0 unspecified atom stereocenters. The highest BCUT2D eigenvalue weighted by Gasteiger charge is 2.06. The molecule has 0 saturated carbocycles. The predicted molar refractivity (Wildman–Crippen MR) is 93.9 cm³/mol. The second-order valence-electron chi connectivity index (χ2n) is 4.68. The van der Waals surface area contributed by atoms with E-state index in [1.807, 2.05) is 36.4 Å². The second-order valence-corrected chi connectivity index (χ2v) is 9.00. The molecule has 2 rings (SSSR count). The summed E-state index contributed by atoms with van der Waals surface area (Å²) in [4.78, 5) is 0. The summed E-state index contributed by atoms with van der Waals surface area (Å²) in [6, 6.07) is 16.6. The maximum Gasteiger partial charge on any atom is 0.115 e. The molecule has 0 aliphatic heterocycles. The number of hydrogen-bond acceptors (Lipinski definition) is 2. The van der Waals surface area contributed by atoms with Gasteiger partial charge in [-0.1, -0.05) is 30.7 Å². The van der Waals surface area contributed by atoms with Crippen LogP contribution in [0, 0.1) is 11.3 Å². The normalized spacial score (nSPS) is 10.8. The fraction of sp³-hybridized carbons (Fsp3) is 0.188. The highest BCUT2D eigenvalue weighted by molar-refractivity contribution is 14.1. The smallest absolute Gasteiger partial charge is 0.115 e. The van der Waals surface area contributed by atoms with Crippen LogP contribution in [0.2, 0.25) is 6.04 Å². The van der Waals surface area contributed by atoms with Crippen molar-refractivity contribution in [2.75, 3.05) is 0 Å². The molecule has 0 aliphatic carbocycles. The van der Waals surface area contributed by atoms with Crippen LogP contribution in [0.15, 0.2) is 42.5 Å². The molecule has 20 heavy (non-hydrogen) atoms. The van der Waals surface area contributed by atoms with Crippen molar-refractivity contribution in [3.05, 3.63) is 53.6 Å². The van der Waals surface area contributed by atoms with Crippen LogP contribution >= 0.6 is 21.8 Å². The number of hydrogen-bond donors (Lipinski definition) is 1. The van der Waals surface area contributed by atoms with Crippen molar-refractivity contribution in [3.63, 3.8) is 0 Å². The first-order chi connectivity index (χ1) is 9.74. The van der Waals surface area contributed by atoms with Gasteiger partial charge in [0.15, 0.2) is 0 Å². The Morgan fingerprint density at radius 3 is 2.55 bits per heavy atom. The number of halogens is 1. The summed E-state index contributed by atoms with van der Waals surface area (Å²) in [5.74, 6) is 0.323. The van der Waals surface area contributed by atoms with Gasteiger partial charge in [0.2, 0.25) is 0 Å². The Labute approximate surface area is 134 Å². The first-order valence-corrected chi connectivity index (χ1v) is 12.7. The average Bonchev–Trinajstić information content (AvgIpc) is 2.48. The van der Waals surface area contributed by atoms with Gasteiger partial charge in [-0.25, -0.2) is 0 Å². The molecule has 0 fully saturated rings. The maximum atomic E-state index is 9.69. The van der Waals surface area contributed by atoms with Gasteiger partial charge >= 0.3 is 0 Å². The summed E-state index contributed by atoms with van der Waals surface area (Å²) < 4.78 is 0. The molecule has 0 bridgehead atoms. The van der Waals surface area contributed by atoms with Crippen molar-refractivity contribution >= 4 is 28.8 Å². The third kappa shape index (κ3) is 3.84. The summed E-state index contributed by atoms with van der Waals surface area (Å²) in [6.45, 7) is 0.